The van der Waals surface area contributed by atoms with Crippen molar-refractivity contribution in [3.05, 3.63) is 89.0 Å². The van der Waals surface area contributed by atoms with E-state index in [0.717, 1.165) is 37.6 Å². The molecule has 6 rings (SSSR count). The minimum absolute atomic E-state index is 0.0529. The number of hydrogen-bond acceptors (Lipinski definition) is 9. The summed E-state index contributed by atoms with van der Waals surface area (Å²) in [6, 6.07) is 16.5. The molecule has 1 amide bonds. The van der Waals surface area contributed by atoms with Crippen molar-refractivity contribution in [2.24, 2.45) is 0 Å². The van der Waals surface area contributed by atoms with Crippen molar-refractivity contribution in [3.63, 3.8) is 0 Å². The number of ether oxygens (including phenoxy) is 1. The molecule has 1 saturated heterocycles. The quantitative estimate of drug-likeness (QED) is 0.250. The minimum Gasteiger partial charge on any atom is -0.507 e. The van der Waals surface area contributed by atoms with Gasteiger partial charge in [-0.2, -0.15) is 0 Å². The van der Waals surface area contributed by atoms with Crippen LogP contribution in [0.3, 0.4) is 0 Å². The first-order valence-corrected chi connectivity index (χ1v) is 15.3. The van der Waals surface area contributed by atoms with E-state index in [4.69, 9.17) is 27.1 Å². The number of rotatable bonds is 8. The highest BCUT2D eigenvalue weighted by Crippen LogP contribution is 2.43. The van der Waals surface area contributed by atoms with Crippen LogP contribution in [-0.4, -0.2) is 83.7 Å². The lowest BCUT2D eigenvalue weighted by atomic mass is 10.0. The van der Waals surface area contributed by atoms with E-state index in [9.17, 15) is 14.3 Å². The predicted octanol–water partition coefficient (Wildman–Crippen LogP) is 4.86. The first-order chi connectivity index (χ1) is 21.8. The van der Waals surface area contributed by atoms with Gasteiger partial charge in [-0.15, -0.1) is 0 Å². The molecule has 0 radical (unpaired) electrons. The number of nitrogens with one attached hydrogen (secondary N) is 1. The van der Waals surface area contributed by atoms with E-state index < -0.39 is 5.82 Å². The van der Waals surface area contributed by atoms with Crippen LogP contribution >= 0.6 is 11.6 Å². The maximum absolute atomic E-state index is 14.8. The molecule has 0 aliphatic carbocycles. The van der Waals surface area contributed by atoms with Crippen molar-refractivity contribution in [2.45, 2.75) is 12.5 Å². The molecular weight excluding hydrogens is 597 g/mol. The number of nitrogens with two attached hydrogens (primary N) is 1. The predicted molar refractivity (Wildman–Crippen MR) is 173 cm³/mol. The Morgan fingerprint density at radius 3 is 2.71 bits per heavy atom. The van der Waals surface area contributed by atoms with Crippen molar-refractivity contribution >= 4 is 34.7 Å². The summed E-state index contributed by atoms with van der Waals surface area (Å²) in [6.07, 6.45) is 2.40. The molecule has 0 saturated carbocycles. The number of fused-ring (bicyclic) bond motifs is 1. The topological polar surface area (TPSA) is 120 Å². The molecule has 2 aliphatic rings. The molecule has 0 spiro atoms. The molecule has 1 fully saturated rings. The number of benzene rings is 2. The second-order valence-corrected chi connectivity index (χ2v) is 11.7. The summed E-state index contributed by atoms with van der Waals surface area (Å²) in [5.74, 6) is -0.229. The zero-order chi connectivity index (χ0) is 31.5. The molecule has 234 valence electrons. The Bertz CT molecular complexity index is 1700. The molecule has 45 heavy (non-hydrogen) atoms. The molecule has 2 aromatic heterocycles. The lowest BCUT2D eigenvalue weighted by Gasteiger charge is -2.38. The lowest BCUT2D eigenvalue weighted by molar-refractivity contribution is 0.0917. The molecule has 0 bridgehead atoms. The van der Waals surface area contributed by atoms with Crippen molar-refractivity contribution in [2.75, 3.05) is 63.6 Å². The first-order valence-electron chi connectivity index (χ1n) is 14.9. The van der Waals surface area contributed by atoms with E-state index in [1.54, 1.807) is 30.5 Å². The van der Waals surface area contributed by atoms with E-state index in [-0.39, 0.29) is 34.6 Å². The van der Waals surface area contributed by atoms with Crippen molar-refractivity contribution in [3.8, 4) is 22.8 Å². The van der Waals surface area contributed by atoms with Gasteiger partial charge in [0, 0.05) is 55.2 Å². The van der Waals surface area contributed by atoms with Gasteiger partial charge in [0.05, 0.1) is 35.2 Å². The van der Waals surface area contributed by atoms with E-state index in [0.29, 0.717) is 48.3 Å². The SMILES string of the molecule is CN1CCN(C(CCNC(=O)c2ccccc2O)c2cc(N3CCOc4c3cc(-c3cc(Cl)ccc3F)nc4N)ccn2)CC1. The van der Waals surface area contributed by atoms with E-state index in [1.807, 2.05) is 6.07 Å². The van der Waals surface area contributed by atoms with Gasteiger partial charge in [0.1, 0.15) is 18.2 Å². The van der Waals surface area contributed by atoms with Gasteiger partial charge in [-0.25, -0.2) is 9.37 Å². The Hall–Kier alpha value is -4.45. The summed E-state index contributed by atoms with van der Waals surface area (Å²) < 4.78 is 20.7. The minimum atomic E-state index is -0.453. The number of amides is 1. The number of halogens is 2. The van der Waals surface area contributed by atoms with Gasteiger partial charge in [-0.1, -0.05) is 23.7 Å². The molecular formula is C33H35ClFN7O3. The molecule has 4 aromatic rings. The fourth-order valence-corrected chi connectivity index (χ4v) is 6.04. The zero-order valence-electron chi connectivity index (χ0n) is 24.9. The maximum Gasteiger partial charge on any atom is 0.255 e. The number of carbonyl (C=O) groups is 1. The van der Waals surface area contributed by atoms with Crippen LogP contribution in [-0.2, 0) is 0 Å². The van der Waals surface area contributed by atoms with Crippen LogP contribution in [0.25, 0.3) is 11.3 Å². The Morgan fingerprint density at radius 2 is 1.91 bits per heavy atom. The monoisotopic (exact) mass is 631 g/mol. The fraction of sp³-hybridized carbons (Fsp3) is 0.303. The largest absolute Gasteiger partial charge is 0.507 e. The molecule has 1 unspecified atom stereocenters. The lowest BCUT2D eigenvalue weighted by Crippen LogP contribution is -2.46. The Morgan fingerprint density at radius 1 is 1.11 bits per heavy atom. The van der Waals surface area contributed by atoms with Crippen LogP contribution in [0.15, 0.2) is 66.9 Å². The number of phenols is 1. The standard InChI is InChI=1S/C33H35ClFN7O3/c1-40-12-14-41(15-13-40)28(9-11-38-33(44)23-4-2-3-5-30(23)43)27-19-22(8-10-37-27)42-16-17-45-31-29(42)20-26(39-32(31)36)24-18-21(34)6-7-25(24)35/h2-8,10,18-20,28,43H,9,11-17H2,1H3,(H2,36,39)(H,38,44). The van der Waals surface area contributed by atoms with Gasteiger partial charge in [0.15, 0.2) is 11.6 Å². The smallest absolute Gasteiger partial charge is 0.255 e. The summed E-state index contributed by atoms with van der Waals surface area (Å²) in [7, 11) is 2.11. The number of nitrogen functional groups attached to an aromatic ring is 1. The van der Waals surface area contributed by atoms with Crippen molar-refractivity contribution < 1.29 is 19.0 Å². The molecule has 2 aromatic carbocycles. The highest BCUT2D eigenvalue weighted by molar-refractivity contribution is 6.30. The molecule has 4 heterocycles. The van der Waals surface area contributed by atoms with Gasteiger partial charge >= 0.3 is 0 Å². The van der Waals surface area contributed by atoms with Crippen LogP contribution in [0.1, 0.15) is 28.5 Å². The zero-order valence-corrected chi connectivity index (χ0v) is 25.7. The number of aromatic nitrogens is 2. The summed E-state index contributed by atoms with van der Waals surface area (Å²) >= 11 is 6.18. The number of para-hydroxylation sites is 1. The molecule has 4 N–H and O–H groups in total. The first kappa shape index (κ1) is 30.6. The third kappa shape index (κ3) is 6.65. The highest BCUT2D eigenvalue weighted by atomic mass is 35.5. The van der Waals surface area contributed by atoms with Gasteiger partial charge in [-0.3, -0.25) is 14.7 Å². The fourth-order valence-electron chi connectivity index (χ4n) is 5.87. The number of hydrogen-bond donors (Lipinski definition) is 3. The van der Waals surface area contributed by atoms with Crippen LogP contribution in [0.5, 0.6) is 11.5 Å². The number of carbonyl (C=O) groups excluding carboxylic acids is 1. The van der Waals surface area contributed by atoms with Gasteiger partial charge < -0.3 is 30.7 Å². The van der Waals surface area contributed by atoms with Crippen LogP contribution < -0.4 is 20.7 Å². The molecule has 10 nitrogen and oxygen atoms in total. The summed E-state index contributed by atoms with van der Waals surface area (Å²) in [5, 5.41) is 13.5. The van der Waals surface area contributed by atoms with Crippen LogP contribution in [0.2, 0.25) is 5.02 Å². The third-order valence-corrected chi connectivity index (χ3v) is 8.52. The molecule has 2 aliphatic heterocycles. The number of pyridine rings is 2. The normalized spacial score (nSPS) is 16.1. The third-order valence-electron chi connectivity index (χ3n) is 8.28. The van der Waals surface area contributed by atoms with Crippen molar-refractivity contribution in [1.82, 2.24) is 25.1 Å². The maximum atomic E-state index is 14.8. The van der Waals surface area contributed by atoms with Gasteiger partial charge in [0.2, 0.25) is 0 Å². The summed E-state index contributed by atoms with van der Waals surface area (Å²) in [6.45, 7) is 4.89. The number of phenolic OH excluding ortho intramolecular Hbond substituents is 1. The number of anilines is 3. The second kappa shape index (κ2) is 13.3. The number of aromatic hydroxyl groups is 1. The molecule has 12 heteroatoms. The number of piperazine rings is 1. The number of nitrogens with zero attached hydrogens (tertiary/aromatic N) is 5. The van der Waals surface area contributed by atoms with Crippen molar-refractivity contribution in [1.29, 1.82) is 0 Å². The Balaban J connectivity index is 1.29. The van der Waals surface area contributed by atoms with E-state index >= 15 is 0 Å². The number of likely N-dealkylation sites (N-methyl/N-ethyl adjacent to an activating group) is 1. The Labute approximate surface area is 266 Å². The van der Waals surface area contributed by atoms with E-state index in [2.05, 4.69) is 38.1 Å². The summed E-state index contributed by atoms with van der Waals surface area (Å²) in [5.41, 5.74) is 9.60. The van der Waals surface area contributed by atoms with Gasteiger partial charge in [0.25, 0.3) is 5.91 Å². The summed E-state index contributed by atoms with van der Waals surface area (Å²) in [4.78, 5) is 28.8. The second-order valence-electron chi connectivity index (χ2n) is 11.2. The Kier molecular flexibility index (Phi) is 9.02. The van der Waals surface area contributed by atoms with Gasteiger partial charge in [-0.05, 0) is 62.0 Å². The molecule has 1 atom stereocenters. The van der Waals surface area contributed by atoms with Crippen LogP contribution in [0, 0.1) is 5.82 Å². The average Bonchev–Trinajstić information content (AvgIpc) is 3.04. The van der Waals surface area contributed by atoms with Crippen LogP contribution in [0.4, 0.5) is 21.6 Å². The highest BCUT2D eigenvalue weighted by Gasteiger charge is 2.28. The average molecular weight is 632 g/mol. The van der Waals surface area contributed by atoms with E-state index in [1.165, 1.54) is 24.3 Å².